The molecule has 0 saturated heterocycles. The van der Waals surface area contributed by atoms with E-state index in [0.29, 0.717) is 17.8 Å². The van der Waals surface area contributed by atoms with Crippen LogP contribution in [0.15, 0.2) is 30.3 Å². The number of nitrogens with one attached hydrogen (secondary N) is 1. The van der Waals surface area contributed by atoms with Crippen LogP contribution in [0.5, 0.6) is 0 Å². The van der Waals surface area contributed by atoms with Gasteiger partial charge in [0.15, 0.2) is 0 Å². The average Bonchev–Trinajstić information content (AvgIpc) is 2.75. The van der Waals surface area contributed by atoms with Crippen LogP contribution >= 0.6 is 11.3 Å². The molecule has 1 aromatic carbocycles. The highest BCUT2D eigenvalue weighted by atomic mass is 32.1. The fourth-order valence-electron chi connectivity index (χ4n) is 1.71. The van der Waals surface area contributed by atoms with Crippen molar-refractivity contribution in [3.05, 3.63) is 51.2 Å². The summed E-state index contributed by atoms with van der Waals surface area (Å²) in [5.41, 5.74) is 7.89. The molecule has 0 saturated carbocycles. The number of rotatable bonds is 3. The zero-order valence-electron chi connectivity index (χ0n) is 10.5. The fraction of sp³-hybridized carbons (Fsp3) is 0.214. The normalized spacial score (nSPS) is 10.3. The molecule has 0 atom stereocenters. The van der Waals surface area contributed by atoms with Gasteiger partial charge in [0, 0.05) is 15.4 Å². The second kappa shape index (κ2) is 5.23. The van der Waals surface area contributed by atoms with Crippen molar-refractivity contribution in [2.75, 3.05) is 5.73 Å². The number of carbonyl (C=O) groups excluding carboxylic acids is 1. The molecule has 2 rings (SSSR count). The Labute approximate surface area is 111 Å². The number of amides is 1. The van der Waals surface area contributed by atoms with E-state index in [2.05, 4.69) is 12.2 Å². The molecule has 0 radical (unpaired) electrons. The van der Waals surface area contributed by atoms with Crippen molar-refractivity contribution >= 4 is 22.9 Å². The standard InChI is InChI=1S/C14H16N2OS/c1-9-3-6-13(15)12(7-9)14(17)16-8-11-5-4-10(2)18-11/h3-7H,8,15H2,1-2H3,(H,16,17). The Morgan fingerprint density at radius 1 is 1.28 bits per heavy atom. The highest BCUT2D eigenvalue weighted by Crippen LogP contribution is 2.16. The van der Waals surface area contributed by atoms with Crippen LogP contribution in [0.3, 0.4) is 0 Å². The quantitative estimate of drug-likeness (QED) is 0.834. The molecule has 18 heavy (non-hydrogen) atoms. The van der Waals surface area contributed by atoms with Crippen molar-refractivity contribution in [2.24, 2.45) is 0 Å². The van der Waals surface area contributed by atoms with Gasteiger partial charge in [0.25, 0.3) is 5.91 Å². The van der Waals surface area contributed by atoms with Gasteiger partial charge in [0.05, 0.1) is 12.1 Å². The van der Waals surface area contributed by atoms with Crippen molar-refractivity contribution in [3.8, 4) is 0 Å². The van der Waals surface area contributed by atoms with E-state index in [1.807, 2.05) is 31.2 Å². The number of hydrogen-bond donors (Lipinski definition) is 2. The lowest BCUT2D eigenvalue weighted by molar-refractivity contribution is 0.0952. The van der Waals surface area contributed by atoms with Gasteiger partial charge in [0.1, 0.15) is 0 Å². The first-order valence-electron chi connectivity index (χ1n) is 5.76. The Morgan fingerprint density at radius 2 is 2.06 bits per heavy atom. The molecule has 3 nitrogen and oxygen atoms in total. The van der Waals surface area contributed by atoms with E-state index in [1.54, 1.807) is 17.4 Å². The number of anilines is 1. The fourth-order valence-corrected chi connectivity index (χ4v) is 2.54. The lowest BCUT2D eigenvalue weighted by atomic mass is 10.1. The van der Waals surface area contributed by atoms with Gasteiger partial charge in [-0.15, -0.1) is 11.3 Å². The summed E-state index contributed by atoms with van der Waals surface area (Å²) in [5.74, 6) is -0.123. The minimum absolute atomic E-state index is 0.123. The third-order valence-corrected chi connectivity index (χ3v) is 3.67. The number of carbonyl (C=O) groups is 1. The number of thiophene rings is 1. The van der Waals surface area contributed by atoms with Crippen LogP contribution in [-0.4, -0.2) is 5.91 Å². The molecular weight excluding hydrogens is 244 g/mol. The number of nitrogens with two attached hydrogens (primary N) is 1. The number of aryl methyl sites for hydroxylation is 2. The first kappa shape index (κ1) is 12.6. The summed E-state index contributed by atoms with van der Waals surface area (Å²) in [5, 5.41) is 2.89. The van der Waals surface area contributed by atoms with E-state index in [9.17, 15) is 4.79 Å². The van der Waals surface area contributed by atoms with Crippen LogP contribution < -0.4 is 11.1 Å². The number of nitrogen functional groups attached to an aromatic ring is 1. The SMILES string of the molecule is Cc1ccc(N)c(C(=O)NCc2ccc(C)s2)c1. The largest absolute Gasteiger partial charge is 0.398 e. The van der Waals surface area contributed by atoms with Gasteiger partial charge in [-0.3, -0.25) is 4.79 Å². The minimum atomic E-state index is -0.123. The molecule has 94 valence electrons. The maximum absolute atomic E-state index is 12.0. The molecule has 0 bridgehead atoms. The summed E-state index contributed by atoms with van der Waals surface area (Å²) in [4.78, 5) is 14.4. The predicted molar refractivity (Wildman–Crippen MR) is 75.8 cm³/mol. The van der Waals surface area contributed by atoms with Gasteiger partial charge < -0.3 is 11.1 Å². The van der Waals surface area contributed by atoms with Crippen LogP contribution in [0.4, 0.5) is 5.69 Å². The van der Waals surface area contributed by atoms with Gasteiger partial charge >= 0.3 is 0 Å². The van der Waals surface area contributed by atoms with Gasteiger partial charge in [-0.25, -0.2) is 0 Å². The second-order valence-electron chi connectivity index (χ2n) is 4.29. The van der Waals surface area contributed by atoms with E-state index >= 15 is 0 Å². The first-order chi connectivity index (χ1) is 8.56. The zero-order valence-corrected chi connectivity index (χ0v) is 11.3. The first-order valence-corrected chi connectivity index (χ1v) is 6.57. The van der Waals surface area contributed by atoms with Gasteiger partial charge in [-0.1, -0.05) is 11.6 Å². The molecular formula is C14H16N2OS. The Balaban J connectivity index is 2.05. The molecule has 0 unspecified atom stereocenters. The molecule has 1 aromatic heterocycles. The van der Waals surface area contributed by atoms with Crippen molar-refractivity contribution in [1.29, 1.82) is 0 Å². The van der Waals surface area contributed by atoms with Crippen LogP contribution in [-0.2, 0) is 6.54 Å². The van der Waals surface area contributed by atoms with E-state index in [-0.39, 0.29) is 5.91 Å². The minimum Gasteiger partial charge on any atom is -0.398 e. The highest BCUT2D eigenvalue weighted by molar-refractivity contribution is 7.11. The Hall–Kier alpha value is -1.81. The Bertz CT molecular complexity index is 575. The van der Waals surface area contributed by atoms with Crippen LogP contribution in [0.25, 0.3) is 0 Å². The van der Waals surface area contributed by atoms with Crippen molar-refractivity contribution in [2.45, 2.75) is 20.4 Å². The van der Waals surface area contributed by atoms with Crippen molar-refractivity contribution in [1.82, 2.24) is 5.32 Å². The topological polar surface area (TPSA) is 55.1 Å². The van der Waals surface area contributed by atoms with Crippen LogP contribution in [0.1, 0.15) is 25.7 Å². The van der Waals surface area contributed by atoms with Crippen LogP contribution in [0.2, 0.25) is 0 Å². The molecule has 1 amide bonds. The summed E-state index contributed by atoms with van der Waals surface area (Å²) < 4.78 is 0. The van der Waals surface area contributed by atoms with E-state index < -0.39 is 0 Å². The average molecular weight is 260 g/mol. The molecule has 0 aliphatic rings. The van der Waals surface area contributed by atoms with Gasteiger partial charge in [-0.05, 0) is 38.1 Å². The smallest absolute Gasteiger partial charge is 0.253 e. The molecule has 2 aromatic rings. The molecule has 0 aliphatic heterocycles. The lowest BCUT2D eigenvalue weighted by Crippen LogP contribution is -2.23. The monoisotopic (exact) mass is 260 g/mol. The van der Waals surface area contributed by atoms with Crippen molar-refractivity contribution in [3.63, 3.8) is 0 Å². The van der Waals surface area contributed by atoms with Crippen molar-refractivity contribution < 1.29 is 4.79 Å². The Kier molecular flexibility index (Phi) is 3.67. The van der Waals surface area contributed by atoms with E-state index in [0.717, 1.165) is 10.4 Å². The summed E-state index contributed by atoms with van der Waals surface area (Å²) >= 11 is 1.69. The maximum atomic E-state index is 12.0. The predicted octanol–water partition coefficient (Wildman–Crippen LogP) is 2.88. The Morgan fingerprint density at radius 3 is 2.72 bits per heavy atom. The van der Waals surface area contributed by atoms with Gasteiger partial charge in [-0.2, -0.15) is 0 Å². The summed E-state index contributed by atoms with van der Waals surface area (Å²) in [7, 11) is 0. The summed E-state index contributed by atoms with van der Waals surface area (Å²) in [6.45, 7) is 4.54. The molecule has 1 heterocycles. The zero-order chi connectivity index (χ0) is 13.1. The van der Waals surface area contributed by atoms with Gasteiger partial charge in [0.2, 0.25) is 0 Å². The maximum Gasteiger partial charge on any atom is 0.253 e. The van der Waals surface area contributed by atoms with E-state index in [4.69, 9.17) is 5.73 Å². The molecule has 4 heteroatoms. The molecule has 0 spiro atoms. The third-order valence-electron chi connectivity index (χ3n) is 2.67. The van der Waals surface area contributed by atoms with Crippen LogP contribution in [0, 0.1) is 13.8 Å². The molecule has 0 fully saturated rings. The summed E-state index contributed by atoms with van der Waals surface area (Å²) in [6.07, 6.45) is 0. The third kappa shape index (κ3) is 2.90. The molecule has 3 N–H and O–H groups in total. The lowest BCUT2D eigenvalue weighted by Gasteiger charge is -2.07. The second-order valence-corrected chi connectivity index (χ2v) is 5.66. The molecule has 0 aliphatic carbocycles. The van der Waals surface area contributed by atoms with E-state index in [1.165, 1.54) is 4.88 Å². The number of hydrogen-bond acceptors (Lipinski definition) is 3. The number of benzene rings is 1. The highest BCUT2D eigenvalue weighted by Gasteiger charge is 2.09. The summed E-state index contributed by atoms with van der Waals surface area (Å²) in [6, 6.07) is 9.55.